The molecule has 146 valence electrons. The minimum atomic E-state index is -1.82. The lowest BCUT2D eigenvalue weighted by molar-refractivity contribution is -0.159. The number of carboxylic acids is 2. The molecule has 0 aliphatic carbocycles. The average molecular weight is 386 g/mol. The fraction of sp³-hybridized carbons (Fsp3) is 0.579. The number of carbonyl (C=O) groups is 2. The average Bonchev–Trinajstić information content (AvgIpc) is 2.64. The van der Waals surface area contributed by atoms with Crippen LogP contribution in [0.1, 0.15) is 37.7 Å². The summed E-state index contributed by atoms with van der Waals surface area (Å²) in [5.74, 6) is -3.65. The van der Waals surface area contributed by atoms with Gasteiger partial charge in [-0.15, -0.1) is 0 Å². The van der Waals surface area contributed by atoms with E-state index in [9.17, 15) is 0 Å². The first-order valence-electron chi connectivity index (χ1n) is 9.00. The normalized spacial score (nSPS) is 14.3. The number of likely N-dealkylation sites (tertiary alicyclic amines) is 1. The van der Waals surface area contributed by atoms with Gasteiger partial charge < -0.3 is 19.8 Å². The molecule has 0 saturated carbocycles. The first-order valence-corrected chi connectivity index (χ1v) is 9.37. The van der Waals surface area contributed by atoms with Crippen LogP contribution < -0.4 is 0 Å². The largest absolute Gasteiger partial charge is 0.473 e. The van der Waals surface area contributed by atoms with Crippen molar-refractivity contribution in [1.82, 2.24) is 4.90 Å². The molecule has 1 saturated heterocycles. The summed E-state index contributed by atoms with van der Waals surface area (Å²) in [5.41, 5.74) is 1.34. The molecule has 1 heterocycles. The molecule has 0 atom stereocenters. The molecule has 0 aromatic heterocycles. The van der Waals surface area contributed by atoms with Crippen LogP contribution in [0.4, 0.5) is 0 Å². The molecule has 1 fully saturated rings. The van der Waals surface area contributed by atoms with E-state index < -0.39 is 11.9 Å². The molecule has 6 nitrogen and oxygen atoms in total. The molecule has 0 amide bonds. The van der Waals surface area contributed by atoms with Crippen LogP contribution in [0.25, 0.3) is 0 Å². The lowest BCUT2D eigenvalue weighted by atomic mass is 10.1. The molecule has 0 unspecified atom stereocenters. The zero-order chi connectivity index (χ0) is 19.2. The van der Waals surface area contributed by atoms with E-state index in [2.05, 4.69) is 17.0 Å². The van der Waals surface area contributed by atoms with Gasteiger partial charge in [-0.2, -0.15) is 0 Å². The number of carboxylic acid groups (broad SMARTS) is 2. The van der Waals surface area contributed by atoms with Gasteiger partial charge in [-0.1, -0.05) is 30.2 Å². The molecule has 2 N–H and O–H groups in total. The number of ether oxygens (including phenoxy) is 1. The monoisotopic (exact) mass is 385 g/mol. The molecule has 7 heteroatoms. The summed E-state index contributed by atoms with van der Waals surface area (Å²) in [4.78, 5) is 20.8. The lowest BCUT2D eigenvalue weighted by Crippen LogP contribution is -2.31. The molecular weight excluding hydrogens is 358 g/mol. The molecular formula is C19H28ClNO5. The van der Waals surface area contributed by atoms with Crippen molar-refractivity contribution in [1.29, 1.82) is 0 Å². The van der Waals surface area contributed by atoms with Gasteiger partial charge in [0.1, 0.15) is 0 Å². The van der Waals surface area contributed by atoms with Crippen molar-refractivity contribution >= 4 is 23.5 Å². The minimum Gasteiger partial charge on any atom is -0.473 e. The number of rotatable bonds is 8. The van der Waals surface area contributed by atoms with Crippen molar-refractivity contribution in [2.24, 2.45) is 0 Å². The van der Waals surface area contributed by atoms with Crippen LogP contribution in [-0.2, 0) is 20.7 Å². The smallest absolute Gasteiger partial charge is 0.414 e. The van der Waals surface area contributed by atoms with E-state index >= 15 is 0 Å². The Morgan fingerprint density at radius 2 is 1.54 bits per heavy atom. The van der Waals surface area contributed by atoms with Crippen molar-refractivity contribution in [2.75, 3.05) is 32.8 Å². The Kier molecular flexibility index (Phi) is 11.7. The third-order valence-corrected chi connectivity index (χ3v) is 4.31. The molecule has 1 aliphatic rings. The summed E-state index contributed by atoms with van der Waals surface area (Å²) in [6, 6.07) is 8.10. The van der Waals surface area contributed by atoms with Crippen molar-refractivity contribution in [3.63, 3.8) is 0 Å². The standard InChI is InChI=1S/C17H26ClNO.C2H2O4/c18-17-9-7-16(8-10-17)6-4-14-20-15-5-13-19-11-2-1-3-12-19;3-1(4)2(5)6/h7-10H,1-6,11-15H2;(H,3,4)(H,5,6). The lowest BCUT2D eigenvalue weighted by Gasteiger charge is -2.26. The number of piperidine rings is 1. The Morgan fingerprint density at radius 1 is 0.962 bits per heavy atom. The quantitative estimate of drug-likeness (QED) is 0.527. The molecule has 1 aromatic rings. The maximum Gasteiger partial charge on any atom is 0.414 e. The van der Waals surface area contributed by atoms with E-state index in [1.54, 1.807) is 0 Å². The number of nitrogens with zero attached hydrogens (tertiary/aromatic N) is 1. The molecule has 0 spiro atoms. The Balaban J connectivity index is 0.000000487. The Bertz CT molecular complexity index is 517. The fourth-order valence-corrected chi connectivity index (χ4v) is 2.83. The zero-order valence-corrected chi connectivity index (χ0v) is 15.8. The Labute approximate surface area is 159 Å². The second-order valence-corrected chi connectivity index (χ2v) is 6.64. The van der Waals surface area contributed by atoms with Crippen LogP contribution in [0.3, 0.4) is 0 Å². The van der Waals surface area contributed by atoms with E-state index in [1.165, 1.54) is 50.9 Å². The van der Waals surface area contributed by atoms with Gasteiger partial charge in [-0.3, -0.25) is 0 Å². The highest BCUT2D eigenvalue weighted by atomic mass is 35.5. The fourth-order valence-electron chi connectivity index (χ4n) is 2.70. The van der Waals surface area contributed by atoms with E-state index in [-0.39, 0.29) is 0 Å². The third kappa shape index (κ3) is 11.1. The second-order valence-electron chi connectivity index (χ2n) is 6.21. The predicted octanol–water partition coefficient (Wildman–Crippen LogP) is 3.32. The maximum absolute atomic E-state index is 9.10. The van der Waals surface area contributed by atoms with Crippen LogP contribution >= 0.6 is 11.6 Å². The summed E-state index contributed by atoms with van der Waals surface area (Å²) >= 11 is 5.87. The van der Waals surface area contributed by atoms with Crippen molar-refractivity contribution in [3.05, 3.63) is 34.9 Å². The van der Waals surface area contributed by atoms with Crippen LogP contribution in [0.2, 0.25) is 5.02 Å². The van der Waals surface area contributed by atoms with Crippen LogP contribution in [0.15, 0.2) is 24.3 Å². The molecule has 1 aliphatic heterocycles. The van der Waals surface area contributed by atoms with Gasteiger partial charge in [0.15, 0.2) is 0 Å². The number of halogens is 1. The summed E-state index contributed by atoms with van der Waals surface area (Å²) in [6.45, 7) is 5.55. The number of hydrogen-bond donors (Lipinski definition) is 2. The van der Waals surface area contributed by atoms with Gasteiger partial charge in [0, 0.05) is 24.8 Å². The van der Waals surface area contributed by atoms with Gasteiger partial charge in [0.25, 0.3) is 0 Å². The zero-order valence-electron chi connectivity index (χ0n) is 15.0. The second kappa shape index (κ2) is 13.6. The number of aryl methyl sites for hydroxylation is 1. The van der Waals surface area contributed by atoms with Crippen LogP contribution in [-0.4, -0.2) is 59.9 Å². The highest BCUT2D eigenvalue weighted by molar-refractivity contribution is 6.30. The first kappa shape index (κ1) is 22.4. The SMILES string of the molecule is Clc1ccc(CCCOCCCN2CCCCC2)cc1.O=C(O)C(=O)O. The van der Waals surface area contributed by atoms with Crippen LogP contribution in [0.5, 0.6) is 0 Å². The van der Waals surface area contributed by atoms with E-state index in [0.29, 0.717) is 0 Å². The van der Waals surface area contributed by atoms with Gasteiger partial charge in [0.05, 0.1) is 0 Å². The summed E-state index contributed by atoms with van der Waals surface area (Å²) in [7, 11) is 0. The molecule has 0 bridgehead atoms. The maximum atomic E-state index is 9.10. The topological polar surface area (TPSA) is 87.1 Å². The van der Waals surface area contributed by atoms with Gasteiger partial charge in [-0.25, -0.2) is 9.59 Å². The Morgan fingerprint density at radius 3 is 2.12 bits per heavy atom. The predicted molar refractivity (Wildman–Crippen MR) is 101 cm³/mol. The van der Waals surface area contributed by atoms with E-state index in [1.807, 2.05) is 12.1 Å². The van der Waals surface area contributed by atoms with Gasteiger partial charge in [-0.05, 0) is 62.9 Å². The third-order valence-electron chi connectivity index (χ3n) is 4.06. The summed E-state index contributed by atoms with van der Waals surface area (Å²) in [5, 5.41) is 15.6. The van der Waals surface area contributed by atoms with Crippen molar-refractivity contribution in [3.8, 4) is 0 Å². The van der Waals surface area contributed by atoms with Crippen molar-refractivity contribution < 1.29 is 24.5 Å². The van der Waals surface area contributed by atoms with Gasteiger partial charge in [0.2, 0.25) is 0 Å². The molecule has 26 heavy (non-hydrogen) atoms. The molecule has 1 aromatic carbocycles. The molecule has 0 radical (unpaired) electrons. The Hall–Kier alpha value is -1.63. The summed E-state index contributed by atoms with van der Waals surface area (Å²) in [6.07, 6.45) is 7.50. The highest BCUT2D eigenvalue weighted by Gasteiger charge is 2.08. The molecule has 2 rings (SSSR count). The first-order chi connectivity index (χ1) is 12.5. The summed E-state index contributed by atoms with van der Waals surface area (Å²) < 4.78 is 5.72. The van der Waals surface area contributed by atoms with E-state index in [4.69, 9.17) is 36.1 Å². The van der Waals surface area contributed by atoms with E-state index in [0.717, 1.165) is 31.1 Å². The number of aliphatic carboxylic acids is 2. The number of benzene rings is 1. The van der Waals surface area contributed by atoms with Crippen LogP contribution in [0, 0.1) is 0 Å². The minimum absolute atomic E-state index is 0.808. The number of hydrogen-bond acceptors (Lipinski definition) is 4. The highest BCUT2D eigenvalue weighted by Crippen LogP contribution is 2.11. The van der Waals surface area contributed by atoms with Crippen molar-refractivity contribution in [2.45, 2.75) is 38.5 Å². The van der Waals surface area contributed by atoms with Gasteiger partial charge >= 0.3 is 11.9 Å².